The minimum absolute atomic E-state index is 0.0748. The van der Waals surface area contributed by atoms with Crippen molar-refractivity contribution >= 4 is 5.91 Å². The van der Waals surface area contributed by atoms with E-state index in [-0.39, 0.29) is 11.7 Å². The van der Waals surface area contributed by atoms with Gasteiger partial charge in [-0.15, -0.1) is 0 Å². The van der Waals surface area contributed by atoms with Gasteiger partial charge in [-0.05, 0) is 55.5 Å². The topological polar surface area (TPSA) is 42.0 Å². The molecule has 2 aromatic rings. The fourth-order valence-electron chi connectivity index (χ4n) is 4.21. The van der Waals surface area contributed by atoms with Crippen molar-refractivity contribution in [2.75, 3.05) is 47.4 Å². The maximum atomic E-state index is 13.9. The van der Waals surface area contributed by atoms with Gasteiger partial charge in [0.15, 0.2) is 11.5 Å². The summed E-state index contributed by atoms with van der Waals surface area (Å²) in [5.74, 6) is 1.20. The molecule has 1 fully saturated rings. The average molecular weight is 415 g/mol. The zero-order valence-electron chi connectivity index (χ0n) is 18.1. The van der Waals surface area contributed by atoms with Crippen LogP contribution in [0.25, 0.3) is 0 Å². The quantitative estimate of drug-likeness (QED) is 0.658. The smallest absolute Gasteiger partial charge is 0.257 e. The Morgan fingerprint density at radius 1 is 1.17 bits per heavy atom. The SMILES string of the molecule is COc1cccc(C(=O)N(C)CC2CCCN(CCc3ccccc3F)C2)c1OC. The van der Waals surface area contributed by atoms with Crippen LogP contribution in [0.3, 0.4) is 0 Å². The van der Waals surface area contributed by atoms with Crippen LogP contribution < -0.4 is 9.47 Å². The lowest BCUT2D eigenvalue weighted by molar-refractivity contribution is 0.0726. The Bertz CT molecular complexity index is 858. The monoisotopic (exact) mass is 414 g/mol. The number of carbonyl (C=O) groups excluding carboxylic acids is 1. The van der Waals surface area contributed by atoms with Gasteiger partial charge in [0.1, 0.15) is 5.82 Å². The zero-order valence-corrected chi connectivity index (χ0v) is 18.1. The van der Waals surface area contributed by atoms with Crippen LogP contribution in [0.4, 0.5) is 4.39 Å². The molecule has 0 aromatic heterocycles. The third kappa shape index (κ3) is 5.30. The fraction of sp³-hybridized carbons (Fsp3) is 0.458. The lowest BCUT2D eigenvalue weighted by Gasteiger charge is -2.35. The summed E-state index contributed by atoms with van der Waals surface area (Å²) in [6.45, 7) is 3.45. The first kappa shape index (κ1) is 22.1. The number of ether oxygens (including phenoxy) is 2. The molecule has 0 aliphatic carbocycles. The van der Waals surface area contributed by atoms with Crippen molar-refractivity contribution in [3.8, 4) is 11.5 Å². The second-order valence-electron chi connectivity index (χ2n) is 7.88. The van der Waals surface area contributed by atoms with Gasteiger partial charge in [-0.25, -0.2) is 4.39 Å². The molecule has 0 bridgehead atoms. The Morgan fingerprint density at radius 3 is 2.70 bits per heavy atom. The van der Waals surface area contributed by atoms with Crippen molar-refractivity contribution in [2.45, 2.75) is 19.3 Å². The van der Waals surface area contributed by atoms with E-state index in [0.717, 1.165) is 38.0 Å². The maximum Gasteiger partial charge on any atom is 0.257 e. The Labute approximate surface area is 178 Å². The zero-order chi connectivity index (χ0) is 21.5. The summed E-state index contributed by atoms with van der Waals surface area (Å²) in [5, 5.41) is 0. The molecule has 0 spiro atoms. The van der Waals surface area contributed by atoms with E-state index >= 15 is 0 Å². The largest absolute Gasteiger partial charge is 0.493 e. The van der Waals surface area contributed by atoms with E-state index in [1.54, 1.807) is 43.4 Å². The molecule has 0 N–H and O–H groups in total. The van der Waals surface area contributed by atoms with Crippen LogP contribution >= 0.6 is 0 Å². The molecular formula is C24H31FN2O3. The molecule has 0 saturated carbocycles. The van der Waals surface area contributed by atoms with Gasteiger partial charge in [-0.2, -0.15) is 0 Å². The van der Waals surface area contributed by atoms with Crippen molar-refractivity contribution < 1.29 is 18.7 Å². The number of carbonyl (C=O) groups is 1. The van der Waals surface area contributed by atoms with Gasteiger partial charge >= 0.3 is 0 Å². The van der Waals surface area contributed by atoms with E-state index in [1.165, 1.54) is 6.07 Å². The van der Waals surface area contributed by atoms with Crippen LogP contribution in [-0.2, 0) is 6.42 Å². The molecule has 1 unspecified atom stereocenters. The van der Waals surface area contributed by atoms with Crippen molar-refractivity contribution in [1.29, 1.82) is 0 Å². The Kier molecular flexibility index (Phi) is 7.69. The minimum atomic E-state index is -0.136. The number of piperidine rings is 1. The van der Waals surface area contributed by atoms with Gasteiger partial charge < -0.3 is 19.3 Å². The molecule has 30 heavy (non-hydrogen) atoms. The molecule has 2 aromatic carbocycles. The maximum absolute atomic E-state index is 13.9. The molecular weight excluding hydrogens is 383 g/mol. The average Bonchev–Trinajstić information content (AvgIpc) is 2.77. The first-order valence-electron chi connectivity index (χ1n) is 10.5. The molecule has 1 aliphatic heterocycles. The molecule has 6 heteroatoms. The number of methoxy groups -OCH3 is 2. The number of rotatable bonds is 8. The molecule has 162 valence electrons. The van der Waals surface area contributed by atoms with Crippen molar-refractivity contribution in [3.05, 3.63) is 59.4 Å². The number of likely N-dealkylation sites (tertiary alicyclic amines) is 1. The van der Waals surface area contributed by atoms with Crippen molar-refractivity contribution in [2.24, 2.45) is 5.92 Å². The van der Waals surface area contributed by atoms with E-state index in [9.17, 15) is 9.18 Å². The minimum Gasteiger partial charge on any atom is -0.493 e. The van der Waals surface area contributed by atoms with E-state index in [0.29, 0.717) is 35.9 Å². The normalized spacial score (nSPS) is 16.9. The summed E-state index contributed by atoms with van der Waals surface area (Å²) in [6, 6.07) is 12.3. The number of amides is 1. The first-order valence-corrected chi connectivity index (χ1v) is 10.5. The summed E-state index contributed by atoms with van der Waals surface area (Å²) in [7, 11) is 4.94. The summed E-state index contributed by atoms with van der Waals surface area (Å²) >= 11 is 0. The summed E-state index contributed by atoms with van der Waals surface area (Å²) < 4.78 is 24.6. The van der Waals surface area contributed by atoms with Crippen LogP contribution in [0.15, 0.2) is 42.5 Å². The highest BCUT2D eigenvalue weighted by atomic mass is 19.1. The summed E-state index contributed by atoms with van der Waals surface area (Å²) in [6.07, 6.45) is 2.88. The second-order valence-corrected chi connectivity index (χ2v) is 7.88. The van der Waals surface area contributed by atoms with Gasteiger partial charge in [-0.1, -0.05) is 24.3 Å². The molecule has 1 saturated heterocycles. The number of para-hydroxylation sites is 1. The third-order valence-corrected chi connectivity index (χ3v) is 5.77. The fourth-order valence-corrected chi connectivity index (χ4v) is 4.21. The van der Waals surface area contributed by atoms with E-state index in [2.05, 4.69) is 4.90 Å². The highest BCUT2D eigenvalue weighted by Gasteiger charge is 2.25. The van der Waals surface area contributed by atoms with Crippen LogP contribution in [0.2, 0.25) is 0 Å². The summed E-state index contributed by atoms with van der Waals surface area (Å²) in [4.78, 5) is 17.2. The predicted octanol–water partition coefficient (Wildman–Crippen LogP) is 3.87. The van der Waals surface area contributed by atoms with Gasteiger partial charge in [-0.3, -0.25) is 4.79 Å². The molecule has 1 heterocycles. The third-order valence-electron chi connectivity index (χ3n) is 5.77. The Hall–Kier alpha value is -2.60. The predicted molar refractivity (Wildman–Crippen MR) is 116 cm³/mol. The molecule has 1 amide bonds. The number of nitrogens with zero attached hydrogens (tertiary/aromatic N) is 2. The first-order chi connectivity index (χ1) is 14.5. The number of benzene rings is 2. The van der Waals surface area contributed by atoms with Gasteiger partial charge in [0.05, 0.1) is 19.8 Å². The van der Waals surface area contributed by atoms with Crippen LogP contribution in [-0.4, -0.2) is 63.2 Å². The van der Waals surface area contributed by atoms with Gasteiger partial charge in [0.25, 0.3) is 5.91 Å². The number of halogens is 1. The summed E-state index contributed by atoms with van der Waals surface area (Å²) in [5.41, 5.74) is 1.27. The lowest BCUT2D eigenvalue weighted by atomic mass is 9.96. The van der Waals surface area contributed by atoms with E-state index in [4.69, 9.17) is 9.47 Å². The van der Waals surface area contributed by atoms with Crippen molar-refractivity contribution in [3.63, 3.8) is 0 Å². The molecule has 5 nitrogen and oxygen atoms in total. The molecule has 3 rings (SSSR count). The highest BCUT2D eigenvalue weighted by Crippen LogP contribution is 2.31. The number of hydrogen-bond donors (Lipinski definition) is 0. The van der Waals surface area contributed by atoms with Gasteiger partial charge in [0.2, 0.25) is 0 Å². The Balaban J connectivity index is 1.58. The van der Waals surface area contributed by atoms with Crippen LogP contribution in [0.1, 0.15) is 28.8 Å². The van der Waals surface area contributed by atoms with Crippen LogP contribution in [0, 0.1) is 11.7 Å². The highest BCUT2D eigenvalue weighted by molar-refractivity contribution is 5.97. The second kappa shape index (κ2) is 10.4. The van der Waals surface area contributed by atoms with E-state index < -0.39 is 0 Å². The van der Waals surface area contributed by atoms with Crippen molar-refractivity contribution in [1.82, 2.24) is 9.80 Å². The lowest BCUT2D eigenvalue weighted by Crippen LogP contribution is -2.42. The standard InChI is InChI=1S/C24H31FN2O3/c1-26(24(28)20-10-6-12-22(29-2)23(20)30-3)16-18-8-7-14-27(17-18)15-13-19-9-4-5-11-21(19)25/h4-6,9-12,18H,7-8,13-17H2,1-3H3. The van der Waals surface area contributed by atoms with Crippen LogP contribution in [0.5, 0.6) is 11.5 Å². The number of hydrogen-bond acceptors (Lipinski definition) is 4. The Morgan fingerprint density at radius 2 is 1.97 bits per heavy atom. The molecule has 1 aliphatic rings. The molecule has 0 radical (unpaired) electrons. The van der Waals surface area contributed by atoms with Gasteiger partial charge in [0, 0.05) is 26.7 Å². The van der Waals surface area contributed by atoms with E-state index in [1.807, 2.05) is 19.2 Å². The molecule has 1 atom stereocenters.